The largest absolute Gasteiger partial charge is 0.496 e. The summed E-state index contributed by atoms with van der Waals surface area (Å²) in [5.41, 5.74) is 0.905. The number of aliphatic hydroxyl groups excluding tert-OH is 1. The Hall–Kier alpha value is -0.770. The number of halogens is 1. The van der Waals surface area contributed by atoms with Crippen molar-refractivity contribution in [2.24, 2.45) is 0 Å². The van der Waals surface area contributed by atoms with Gasteiger partial charge in [0.2, 0.25) is 0 Å². The lowest BCUT2D eigenvalue weighted by molar-refractivity contribution is 0.247. The maximum atomic E-state index is 9.12. The standard InChI is InChI=1S/C10H14ClNO2/c1-12-9(6-13)8-4-3-7(11)5-10(8)14-2/h3-5,9,12-13H,6H2,1-2H3/t9-/m0/s1. The van der Waals surface area contributed by atoms with Crippen LogP contribution in [0.2, 0.25) is 5.02 Å². The van der Waals surface area contributed by atoms with Crippen LogP contribution in [0.1, 0.15) is 11.6 Å². The molecular weight excluding hydrogens is 202 g/mol. The Kier molecular flexibility index (Phi) is 4.20. The predicted molar refractivity (Wildman–Crippen MR) is 56.9 cm³/mol. The third-order valence-electron chi connectivity index (χ3n) is 2.10. The summed E-state index contributed by atoms with van der Waals surface area (Å²) in [4.78, 5) is 0. The van der Waals surface area contributed by atoms with Gasteiger partial charge in [0.15, 0.2) is 0 Å². The highest BCUT2D eigenvalue weighted by Crippen LogP contribution is 2.27. The average molecular weight is 216 g/mol. The minimum absolute atomic E-state index is 0.0223. The zero-order chi connectivity index (χ0) is 10.6. The molecule has 0 aliphatic carbocycles. The summed E-state index contributed by atoms with van der Waals surface area (Å²) < 4.78 is 5.18. The fourth-order valence-corrected chi connectivity index (χ4v) is 1.48. The smallest absolute Gasteiger partial charge is 0.125 e. The molecule has 0 saturated carbocycles. The van der Waals surface area contributed by atoms with Crippen LogP contribution in [-0.2, 0) is 0 Å². The van der Waals surface area contributed by atoms with E-state index in [0.29, 0.717) is 10.8 Å². The molecule has 0 fully saturated rings. The maximum Gasteiger partial charge on any atom is 0.125 e. The first-order valence-corrected chi connectivity index (χ1v) is 4.72. The first-order chi connectivity index (χ1) is 6.72. The minimum Gasteiger partial charge on any atom is -0.496 e. The molecule has 0 aliphatic rings. The molecule has 1 aromatic carbocycles. The summed E-state index contributed by atoms with van der Waals surface area (Å²) in [7, 11) is 3.37. The molecule has 0 saturated heterocycles. The molecule has 0 aromatic heterocycles. The molecule has 0 unspecified atom stereocenters. The van der Waals surface area contributed by atoms with Gasteiger partial charge in [0, 0.05) is 10.6 Å². The third kappa shape index (κ3) is 2.38. The quantitative estimate of drug-likeness (QED) is 0.802. The van der Waals surface area contributed by atoms with Gasteiger partial charge in [-0.15, -0.1) is 0 Å². The van der Waals surface area contributed by atoms with Crippen molar-refractivity contribution in [2.75, 3.05) is 20.8 Å². The molecule has 0 spiro atoms. The summed E-state index contributed by atoms with van der Waals surface area (Å²) in [6, 6.07) is 5.23. The predicted octanol–water partition coefficient (Wildman–Crippen LogP) is 1.60. The number of rotatable bonds is 4. The molecule has 3 nitrogen and oxygen atoms in total. The highest BCUT2D eigenvalue weighted by atomic mass is 35.5. The number of ether oxygens (including phenoxy) is 1. The number of benzene rings is 1. The molecule has 0 bridgehead atoms. The van der Waals surface area contributed by atoms with Crippen molar-refractivity contribution in [3.05, 3.63) is 28.8 Å². The van der Waals surface area contributed by atoms with Crippen LogP contribution in [0.3, 0.4) is 0 Å². The SMILES string of the molecule is CN[C@@H](CO)c1ccc(Cl)cc1OC. The van der Waals surface area contributed by atoms with Gasteiger partial charge < -0.3 is 15.2 Å². The first-order valence-electron chi connectivity index (χ1n) is 4.34. The summed E-state index contributed by atoms with van der Waals surface area (Å²) in [6.07, 6.45) is 0. The van der Waals surface area contributed by atoms with Crippen molar-refractivity contribution in [3.63, 3.8) is 0 Å². The Labute approximate surface area is 88.7 Å². The van der Waals surface area contributed by atoms with Crippen LogP contribution in [0.4, 0.5) is 0 Å². The third-order valence-corrected chi connectivity index (χ3v) is 2.34. The van der Waals surface area contributed by atoms with Crippen molar-refractivity contribution in [1.29, 1.82) is 0 Å². The van der Waals surface area contributed by atoms with E-state index < -0.39 is 0 Å². The fraction of sp³-hybridized carbons (Fsp3) is 0.400. The van der Waals surface area contributed by atoms with Crippen molar-refractivity contribution in [1.82, 2.24) is 5.32 Å². The molecule has 0 aliphatic heterocycles. The van der Waals surface area contributed by atoms with Crippen LogP contribution in [0.5, 0.6) is 5.75 Å². The van der Waals surface area contributed by atoms with Gasteiger partial charge in [-0.2, -0.15) is 0 Å². The second-order valence-electron chi connectivity index (χ2n) is 2.91. The van der Waals surface area contributed by atoms with Crippen molar-refractivity contribution < 1.29 is 9.84 Å². The Balaban J connectivity index is 3.06. The Morgan fingerprint density at radius 3 is 2.79 bits per heavy atom. The summed E-state index contributed by atoms with van der Waals surface area (Å²) in [5.74, 6) is 0.686. The van der Waals surface area contributed by atoms with Crippen LogP contribution in [-0.4, -0.2) is 25.9 Å². The maximum absolute atomic E-state index is 9.12. The van der Waals surface area contributed by atoms with Crippen molar-refractivity contribution >= 4 is 11.6 Å². The number of methoxy groups -OCH3 is 1. The summed E-state index contributed by atoms with van der Waals surface area (Å²) >= 11 is 5.82. The van der Waals surface area contributed by atoms with E-state index in [2.05, 4.69) is 5.32 Å². The average Bonchev–Trinajstić information content (AvgIpc) is 2.21. The van der Waals surface area contributed by atoms with Gasteiger partial charge >= 0.3 is 0 Å². The molecular formula is C10H14ClNO2. The molecule has 0 amide bonds. The van der Waals surface area contributed by atoms with E-state index in [1.165, 1.54) is 0 Å². The van der Waals surface area contributed by atoms with E-state index in [-0.39, 0.29) is 12.6 Å². The molecule has 14 heavy (non-hydrogen) atoms. The lowest BCUT2D eigenvalue weighted by Crippen LogP contribution is -2.20. The van der Waals surface area contributed by atoms with E-state index in [0.717, 1.165) is 5.56 Å². The summed E-state index contributed by atoms with van der Waals surface area (Å²) in [5, 5.41) is 12.7. The number of likely N-dealkylation sites (N-methyl/N-ethyl adjacent to an activating group) is 1. The molecule has 0 radical (unpaired) electrons. The Morgan fingerprint density at radius 2 is 2.29 bits per heavy atom. The van der Waals surface area contributed by atoms with Gasteiger partial charge in [0.05, 0.1) is 19.8 Å². The highest BCUT2D eigenvalue weighted by Gasteiger charge is 2.13. The van der Waals surface area contributed by atoms with Crippen LogP contribution >= 0.6 is 11.6 Å². The van der Waals surface area contributed by atoms with E-state index in [1.54, 1.807) is 26.3 Å². The zero-order valence-corrected chi connectivity index (χ0v) is 9.01. The number of aliphatic hydroxyl groups is 1. The van der Waals surface area contributed by atoms with E-state index in [1.807, 2.05) is 6.07 Å². The second kappa shape index (κ2) is 5.20. The van der Waals surface area contributed by atoms with Crippen LogP contribution in [0, 0.1) is 0 Å². The fourth-order valence-electron chi connectivity index (χ4n) is 1.32. The Bertz CT molecular complexity index is 300. The number of hydrogen-bond donors (Lipinski definition) is 2. The number of hydrogen-bond acceptors (Lipinski definition) is 3. The summed E-state index contributed by atoms with van der Waals surface area (Å²) in [6.45, 7) is 0.0223. The molecule has 4 heteroatoms. The van der Waals surface area contributed by atoms with E-state index in [9.17, 15) is 0 Å². The molecule has 78 valence electrons. The van der Waals surface area contributed by atoms with Crippen molar-refractivity contribution in [3.8, 4) is 5.75 Å². The van der Waals surface area contributed by atoms with Gasteiger partial charge in [0.25, 0.3) is 0 Å². The monoisotopic (exact) mass is 215 g/mol. The molecule has 1 aromatic rings. The van der Waals surface area contributed by atoms with Crippen LogP contribution in [0.15, 0.2) is 18.2 Å². The lowest BCUT2D eigenvalue weighted by Gasteiger charge is -2.16. The topological polar surface area (TPSA) is 41.5 Å². The zero-order valence-electron chi connectivity index (χ0n) is 8.25. The highest BCUT2D eigenvalue weighted by molar-refractivity contribution is 6.30. The van der Waals surface area contributed by atoms with Gasteiger partial charge in [-0.05, 0) is 19.2 Å². The normalized spacial score (nSPS) is 12.6. The lowest BCUT2D eigenvalue weighted by atomic mass is 10.1. The molecule has 0 heterocycles. The van der Waals surface area contributed by atoms with Gasteiger partial charge in [-0.3, -0.25) is 0 Å². The Morgan fingerprint density at radius 1 is 1.57 bits per heavy atom. The second-order valence-corrected chi connectivity index (χ2v) is 3.35. The minimum atomic E-state index is -0.123. The van der Waals surface area contributed by atoms with E-state index in [4.69, 9.17) is 21.4 Å². The van der Waals surface area contributed by atoms with Gasteiger partial charge in [0.1, 0.15) is 5.75 Å². The van der Waals surface area contributed by atoms with Gasteiger partial charge in [-0.1, -0.05) is 17.7 Å². The molecule has 1 atom stereocenters. The van der Waals surface area contributed by atoms with E-state index >= 15 is 0 Å². The number of nitrogens with one attached hydrogen (secondary N) is 1. The molecule has 1 rings (SSSR count). The van der Waals surface area contributed by atoms with Crippen LogP contribution < -0.4 is 10.1 Å². The first kappa shape index (κ1) is 11.3. The van der Waals surface area contributed by atoms with Crippen molar-refractivity contribution in [2.45, 2.75) is 6.04 Å². The molecule has 2 N–H and O–H groups in total. The van der Waals surface area contributed by atoms with Gasteiger partial charge in [-0.25, -0.2) is 0 Å². The van der Waals surface area contributed by atoms with Crippen LogP contribution in [0.25, 0.3) is 0 Å².